The van der Waals surface area contributed by atoms with E-state index in [4.69, 9.17) is 4.74 Å². The number of nitrogens with zero attached hydrogens (tertiary/aromatic N) is 1. The molecule has 1 N–H and O–H groups in total. The van der Waals surface area contributed by atoms with Crippen molar-refractivity contribution in [1.82, 2.24) is 10.4 Å². The van der Waals surface area contributed by atoms with Crippen LogP contribution in [-0.4, -0.2) is 30.0 Å². The summed E-state index contributed by atoms with van der Waals surface area (Å²) in [5, 5.41) is 1.20. The minimum Gasteiger partial charge on any atom is -0.496 e. The Morgan fingerprint density at radius 2 is 1.65 bits per heavy atom. The SMILES string of the molecule is CCC[C@H](NN(C(=O)c1cc(C)cc(C)c1)C(=O)c1cccc(OC)c1C)C(C)(C)C. The fourth-order valence-corrected chi connectivity index (χ4v) is 3.76. The van der Waals surface area contributed by atoms with Crippen LogP contribution in [0, 0.1) is 26.2 Å². The molecule has 0 bridgehead atoms. The molecule has 0 heterocycles. The summed E-state index contributed by atoms with van der Waals surface area (Å²) in [6, 6.07) is 10.9. The Morgan fingerprint density at radius 3 is 2.16 bits per heavy atom. The summed E-state index contributed by atoms with van der Waals surface area (Å²) in [5.41, 5.74) is 6.75. The first-order valence-electron chi connectivity index (χ1n) is 10.9. The first-order chi connectivity index (χ1) is 14.5. The van der Waals surface area contributed by atoms with E-state index < -0.39 is 0 Å². The van der Waals surface area contributed by atoms with Crippen LogP contribution >= 0.6 is 0 Å². The third-order valence-electron chi connectivity index (χ3n) is 5.52. The van der Waals surface area contributed by atoms with E-state index in [2.05, 4.69) is 33.1 Å². The van der Waals surface area contributed by atoms with Crippen molar-refractivity contribution >= 4 is 11.8 Å². The Kier molecular flexibility index (Phi) is 8.02. The molecule has 0 spiro atoms. The molecule has 2 aromatic carbocycles. The first-order valence-corrected chi connectivity index (χ1v) is 10.9. The van der Waals surface area contributed by atoms with Gasteiger partial charge in [0.15, 0.2) is 0 Å². The molecule has 0 aliphatic rings. The Bertz CT molecular complexity index is 924. The molecule has 0 radical (unpaired) electrons. The van der Waals surface area contributed by atoms with Crippen LogP contribution in [0.1, 0.15) is 77.9 Å². The van der Waals surface area contributed by atoms with E-state index in [9.17, 15) is 9.59 Å². The van der Waals surface area contributed by atoms with Crippen molar-refractivity contribution in [1.29, 1.82) is 0 Å². The lowest BCUT2D eigenvalue weighted by Gasteiger charge is -2.36. The first kappa shape index (κ1) is 24.6. The number of rotatable bonds is 7. The second-order valence-corrected chi connectivity index (χ2v) is 9.29. The van der Waals surface area contributed by atoms with Crippen LogP contribution in [0.4, 0.5) is 0 Å². The molecule has 0 fully saturated rings. The summed E-state index contributed by atoms with van der Waals surface area (Å²) in [6.45, 7) is 14.2. The molecular formula is C26H36N2O3. The Balaban J connectivity index is 2.56. The number of methoxy groups -OCH3 is 1. The molecule has 0 saturated carbocycles. The lowest BCUT2D eigenvalue weighted by molar-refractivity contribution is 0.0424. The van der Waals surface area contributed by atoms with E-state index in [0.29, 0.717) is 22.4 Å². The number of hydrogen-bond acceptors (Lipinski definition) is 4. The fraction of sp³-hybridized carbons (Fsp3) is 0.462. The van der Waals surface area contributed by atoms with Gasteiger partial charge in [-0.2, -0.15) is 0 Å². The van der Waals surface area contributed by atoms with Gasteiger partial charge >= 0.3 is 0 Å². The molecule has 0 aliphatic heterocycles. The summed E-state index contributed by atoms with van der Waals surface area (Å²) in [7, 11) is 1.57. The van der Waals surface area contributed by atoms with E-state index in [1.165, 1.54) is 5.01 Å². The van der Waals surface area contributed by atoms with E-state index in [1.807, 2.05) is 45.0 Å². The van der Waals surface area contributed by atoms with Gasteiger partial charge in [-0.3, -0.25) is 9.59 Å². The second kappa shape index (κ2) is 10.1. The molecule has 31 heavy (non-hydrogen) atoms. The van der Waals surface area contributed by atoms with Gasteiger partial charge in [0.05, 0.1) is 7.11 Å². The van der Waals surface area contributed by atoms with Gasteiger partial charge in [0.2, 0.25) is 0 Å². The average Bonchev–Trinajstić information content (AvgIpc) is 2.68. The van der Waals surface area contributed by atoms with Crippen LogP contribution < -0.4 is 10.2 Å². The number of amides is 2. The third kappa shape index (κ3) is 5.95. The molecule has 5 heteroatoms. The van der Waals surface area contributed by atoms with Crippen LogP contribution in [0.2, 0.25) is 0 Å². The summed E-state index contributed by atoms with van der Waals surface area (Å²) < 4.78 is 5.39. The highest BCUT2D eigenvalue weighted by atomic mass is 16.5. The van der Waals surface area contributed by atoms with Crippen molar-refractivity contribution in [2.24, 2.45) is 5.41 Å². The quantitative estimate of drug-likeness (QED) is 0.463. The minimum atomic E-state index is -0.383. The number of nitrogens with one attached hydrogen (secondary N) is 1. The average molecular weight is 425 g/mol. The molecule has 0 saturated heterocycles. The predicted octanol–water partition coefficient (Wildman–Crippen LogP) is 5.62. The normalized spacial score (nSPS) is 12.4. The van der Waals surface area contributed by atoms with Crippen molar-refractivity contribution in [3.8, 4) is 5.75 Å². The summed E-state index contributed by atoms with van der Waals surface area (Å²) in [4.78, 5) is 27.3. The number of hydrogen-bond donors (Lipinski definition) is 1. The summed E-state index contributed by atoms with van der Waals surface area (Å²) in [6.07, 6.45) is 1.78. The summed E-state index contributed by atoms with van der Waals surface area (Å²) >= 11 is 0. The van der Waals surface area contributed by atoms with Gasteiger partial charge in [0.25, 0.3) is 11.8 Å². The smallest absolute Gasteiger partial charge is 0.275 e. The van der Waals surface area contributed by atoms with Crippen molar-refractivity contribution in [2.45, 2.75) is 67.3 Å². The lowest BCUT2D eigenvalue weighted by Crippen LogP contribution is -2.55. The zero-order valence-electron chi connectivity index (χ0n) is 20.1. The van der Waals surface area contributed by atoms with Gasteiger partial charge in [-0.05, 0) is 56.9 Å². The van der Waals surface area contributed by atoms with Crippen LogP contribution in [-0.2, 0) is 0 Å². The topological polar surface area (TPSA) is 58.6 Å². The molecule has 0 aliphatic carbocycles. The highest BCUT2D eigenvalue weighted by Gasteiger charge is 2.32. The largest absolute Gasteiger partial charge is 0.496 e. The van der Waals surface area contributed by atoms with Crippen LogP contribution in [0.15, 0.2) is 36.4 Å². The molecule has 5 nitrogen and oxygen atoms in total. The van der Waals surface area contributed by atoms with Gasteiger partial charge in [0.1, 0.15) is 5.75 Å². The van der Waals surface area contributed by atoms with Gasteiger partial charge in [0, 0.05) is 22.7 Å². The number of hydrazine groups is 1. The fourth-order valence-electron chi connectivity index (χ4n) is 3.76. The molecule has 2 amide bonds. The van der Waals surface area contributed by atoms with E-state index in [-0.39, 0.29) is 23.3 Å². The minimum absolute atomic E-state index is 0.0535. The van der Waals surface area contributed by atoms with Gasteiger partial charge in [-0.25, -0.2) is 10.4 Å². The highest BCUT2D eigenvalue weighted by Crippen LogP contribution is 2.26. The van der Waals surface area contributed by atoms with Crippen LogP contribution in [0.25, 0.3) is 0 Å². The van der Waals surface area contributed by atoms with Gasteiger partial charge in [-0.15, -0.1) is 0 Å². The lowest BCUT2D eigenvalue weighted by atomic mass is 9.84. The maximum Gasteiger partial charge on any atom is 0.275 e. The van der Waals surface area contributed by atoms with Crippen molar-refractivity contribution in [3.63, 3.8) is 0 Å². The molecule has 168 valence electrons. The highest BCUT2D eigenvalue weighted by molar-refractivity contribution is 6.10. The van der Waals surface area contributed by atoms with Crippen LogP contribution in [0.5, 0.6) is 5.75 Å². The molecule has 2 rings (SSSR count). The number of aryl methyl sites for hydroxylation is 2. The third-order valence-corrected chi connectivity index (χ3v) is 5.52. The van der Waals surface area contributed by atoms with Crippen LogP contribution in [0.3, 0.4) is 0 Å². The van der Waals surface area contributed by atoms with E-state index in [1.54, 1.807) is 19.2 Å². The van der Waals surface area contributed by atoms with Crippen molar-refractivity contribution in [3.05, 3.63) is 64.2 Å². The molecule has 1 atom stereocenters. The van der Waals surface area contributed by atoms with Crippen molar-refractivity contribution in [2.75, 3.05) is 7.11 Å². The predicted molar refractivity (Wildman–Crippen MR) is 125 cm³/mol. The Morgan fingerprint density at radius 1 is 1.03 bits per heavy atom. The van der Waals surface area contributed by atoms with Gasteiger partial charge < -0.3 is 4.74 Å². The maximum atomic E-state index is 13.7. The van der Waals surface area contributed by atoms with Gasteiger partial charge in [-0.1, -0.05) is 57.4 Å². The standard InChI is InChI=1S/C26H36N2O3/c1-9-11-23(26(5,6)7)27-28(24(29)20-15-17(2)14-18(3)16-20)25(30)21-12-10-13-22(31-8)19(21)4/h10,12-16,23,27H,9,11H2,1-8H3/t23-/m0/s1. The molecule has 2 aromatic rings. The number of imide groups is 1. The Hall–Kier alpha value is -2.66. The molecule has 0 unspecified atom stereocenters. The number of benzene rings is 2. The molecular weight excluding hydrogens is 388 g/mol. The number of carbonyl (C=O) groups excluding carboxylic acids is 2. The Labute approximate surface area is 186 Å². The van der Waals surface area contributed by atoms with E-state index in [0.717, 1.165) is 24.0 Å². The number of carbonyl (C=O) groups is 2. The maximum absolute atomic E-state index is 13.7. The zero-order chi connectivity index (χ0) is 23.3. The zero-order valence-corrected chi connectivity index (χ0v) is 20.1. The molecule has 0 aromatic heterocycles. The summed E-state index contributed by atoms with van der Waals surface area (Å²) in [5.74, 6) is -0.124. The second-order valence-electron chi connectivity index (χ2n) is 9.29. The monoisotopic (exact) mass is 424 g/mol. The van der Waals surface area contributed by atoms with Crippen molar-refractivity contribution < 1.29 is 14.3 Å². The van der Waals surface area contributed by atoms with E-state index >= 15 is 0 Å². The number of ether oxygens (including phenoxy) is 1.